The number of hydrogen-bond donors (Lipinski definition) is 2. The minimum atomic E-state index is -0.259. The SMILES string of the molecule is [NH3+][C@@H]1CCN(O)C1=O. The normalized spacial score (nSPS) is 29.5. The molecule has 1 aliphatic rings. The maximum Gasteiger partial charge on any atom is 0.304 e. The van der Waals surface area contributed by atoms with E-state index in [1.54, 1.807) is 0 Å². The molecule has 46 valence electrons. The highest BCUT2D eigenvalue weighted by atomic mass is 16.5. The number of carbonyl (C=O) groups is 1. The second-order valence-electron chi connectivity index (χ2n) is 1.95. The van der Waals surface area contributed by atoms with Gasteiger partial charge < -0.3 is 5.73 Å². The van der Waals surface area contributed by atoms with Crippen LogP contribution in [0.2, 0.25) is 0 Å². The van der Waals surface area contributed by atoms with Crippen LogP contribution in [-0.2, 0) is 4.79 Å². The Morgan fingerprint density at radius 1 is 1.88 bits per heavy atom. The molecule has 0 aromatic carbocycles. The van der Waals surface area contributed by atoms with Gasteiger partial charge in [0.15, 0.2) is 6.04 Å². The number of rotatable bonds is 0. The molecule has 4 heteroatoms. The van der Waals surface area contributed by atoms with E-state index in [2.05, 4.69) is 5.73 Å². The zero-order valence-corrected chi connectivity index (χ0v) is 4.50. The molecule has 4 nitrogen and oxygen atoms in total. The third kappa shape index (κ3) is 0.677. The summed E-state index contributed by atoms with van der Waals surface area (Å²) in [5.41, 5.74) is 3.52. The summed E-state index contributed by atoms with van der Waals surface area (Å²) in [6.07, 6.45) is 0.676. The van der Waals surface area contributed by atoms with Gasteiger partial charge in [-0.05, 0) is 0 Å². The number of carbonyl (C=O) groups excluding carboxylic acids is 1. The number of amides is 1. The molecule has 0 spiro atoms. The summed E-state index contributed by atoms with van der Waals surface area (Å²) in [6.45, 7) is 0.438. The number of quaternary nitrogens is 1. The fraction of sp³-hybridized carbons (Fsp3) is 0.750. The molecule has 1 fully saturated rings. The summed E-state index contributed by atoms with van der Waals surface area (Å²) in [6, 6.07) is -0.222. The van der Waals surface area contributed by atoms with Crippen molar-refractivity contribution in [2.24, 2.45) is 0 Å². The van der Waals surface area contributed by atoms with E-state index in [9.17, 15) is 4.79 Å². The highest BCUT2D eigenvalue weighted by molar-refractivity contribution is 5.81. The van der Waals surface area contributed by atoms with Crippen molar-refractivity contribution in [2.45, 2.75) is 12.5 Å². The molecule has 8 heavy (non-hydrogen) atoms. The van der Waals surface area contributed by atoms with Gasteiger partial charge in [0.1, 0.15) is 0 Å². The zero-order chi connectivity index (χ0) is 6.15. The van der Waals surface area contributed by atoms with E-state index >= 15 is 0 Å². The van der Waals surface area contributed by atoms with Crippen molar-refractivity contribution in [3.8, 4) is 0 Å². The molecule has 0 aromatic rings. The fourth-order valence-electron chi connectivity index (χ4n) is 0.723. The minimum Gasteiger partial charge on any atom is -0.347 e. The fourth-order valence-corrected chi connectivity index (χ4v) is 0.723. The highest BCUT2D eigenvalue weighted by Gasteiger charge is 2.30. The van der Waals surface area contributed by atoms with Crippen molar-refractivity contribution >= 4 is 5.91 Å². The second-order valence-corrected chi connectivity index (χ2v) is 1.95. The lowest BCUT2D eigenvalue weighted by Crippen LogP contribution is -2.64. The van der Waals surface area contributed by atoms with E-state index in [1.165, 1.54) is 0 Å². The average molecular weight is 117 g/mol. The number of hydroxylamine groups is 2. The molecule has 4 N–H and O–H groups in total. The number of hydrogen-bond acceptors (Lipinski definition) is 2. The van der Waals surface area contributed by atoms with Crippen LogP contribution in [0.3, 0.4) is 0 Å². The van der Waals surface area contributed by atoms with Crippen LogP contribution in [0.25, 0.3) is 0 Å². The lowest BCUT2D eigenvalue weighted by Gasteiger charge is -2.01. The predicted octanol–water partition coefficient (Wildman–Crippen LogP) is -1.78. The van der Waals surface area contributed by atoms with Gasteiger partial charge in [-0.3, -0.25) is 10.0 Å². The van der Waals surface area contributed by atoms with Crippen LogP contribution in [0, 0.1) is 0 Å². The smallest absolute Gasteiger partial charge is 0.304 e. The molecular formula is C4H9N2O2+. The van der Waals surface area contributed by atoms with Gasteiger partial charge >= 0.3 is 5.91 Å². The first kappa shape index (κ1) is 5.53. The van der Waals surface area contributed by atoms with Gasteiger partial charge in [-0.2, -0.15) is 0 Å². The first-order valence-electron chi connectivity index (χ1n) is 2.55. The molecule has 1 aliphatic heterocycles. The van der Waals surface area contributed by atoms with Gasteiger partial charge in [0.05, 0.1) is 6.54 Å². The average Bonchev–Trinajstić information content (AvgIpc) is 1.98. The van der Waals surface area contributed by atoms with Crippen LogP contribution in [0.1, 0.15) is 6.42 Å². The molecular weight excluding hydrogens is 108 g/mol. The van der Waals surface area contributed by atoms with Crippen LogP contribution >= 0.6 is 0 Å². The van der Waals surface area contributed by atoms with Gasteiger partial charge in [-0.15, -0.1) is 0 Å². The van der Waals surface area contributed by atoms with Crippen LogP contribution < -0.4 is 5.73 Å². The van der Waals surface area contributed by atoms with E-state index in [0.29, 0.717) is 13.0 Å². The lowest BCUT2D eigenvalue weighted by atomic mass is 10.3. The quantitative estimate of drug-likeness (QED) is 0.368. The van der Waals surface area contributed by atoms with Crippen molar-refractivity contribution in [3.63, 3.8) is 0 Å². The van der Waals surface area contributed by atoms with Gasteiger partial charge in [-0.25, -0.2) is 5.06 Å². The lowest BCUT2D eigenvalue weighted by molar-refractivity contribution is -0.402. The largest absolute Gasteiger partial charge is 0.347 e. The number of nitrogens with zero attached hydrogens (tertiary/aromatic N) is 1. The van der Waals surface area contributed by atoms with Crippen LogP contribution in [0.5, 0.6) is 0 Å². The monoisotopic (exact) mass is 117 g/mol. The Balaban J connectivity index is 2.57. The first-order valence-corrected chi connectivity index (χ1v) is 2.55. The molecule has 0 unspecified atom stereocenters. The van der Waals surface area contributed by atoms with Crippen LogP contribution in [0.15, 0.2) is 0 Å². The maximum atomic E-state index is 10.5. The maximum absolute atomic E-state index is 10.5. The van der Waals surface area contributed by atoms with Crippen LogP contribution in [0.4, 0.5) is 0 Å². The van der Waals surface area contributed by atoms with E-state index in [-0.39, 0.29) is 11.9 Å². The van der Waals surface area contributed by atoms with Gasteiger partial charge in [0.2, 0.25) is 0 Å². The summed E-state index contributed by atoms with van der Waals surface area (Å²) >= 11 is 0. The Morgan fingerprint density at radius 3 is 2.62 bits per heavy atom. The van der Waals surface area contributed by atoms with E-state index < -0.39 is 0 Å². The molecule has 0 saturated carbocycles. The standard InChI is InChI=1S/C4H8N2O2/c5-3-1-2-6(8)4(3)7/h3,8H,1-2,5H2/p+1/t3-/m1/s1. The predicted molar refractivity (Wildman–Crippen MR) is 24.8 cm³/mol. The Hall–Kier alpha value is -0.610. The van der Waals surface area contributed by atoms with Crippen molar-refractivity contribution < 1.29 is 15.7 Å². The summed E-state index contributed by atoms with van der Waals surface area (Å²) in [4.78, 5) is 10.5. The Bertz CT molecular complexity index is 103. The molecule has 1 rings (SSSR count). The molecule has 1 saturated heterocycles. The Kier molecular flexibility index (Phi) is 1.19. The Labute approximate surface area is 46.8 Å². The third-order valence-corrected chi connectivity index (χ3v) is 1.29. The molecule has 0 radical (unpaired) electrons. The topological polar surface area (TPSA) is 68.2 Å². The summed E-state index contributed by atoms with van der Waals surface area (Å²) < 4.78 is 0. The van der Waals surface area contributed by atoms with Crippen molar-refractivity contribution in [1.82, 2.24) is 5.06 Å². The van der Waals surface area contributed by atoms with Gasteiger partial charge in [0.25, 0.3) is 0 Å². The Morgan fingerprint density at radius 2 is 2.50 bits per heavy atom. The molecule has 0 aromatic heterocycles. The highest BCUT2D eigenvalue weighted by Crippen LogP contribution is 2.02. The summed E-state index contributed by atoms with van der Waals surface area (Å²) in [7, 11) is 0. The molecule has 0 bridgehead atoms. The van der Waals surface area contributed by atoms with Crippen molar-refractivity contribution in [2.75, 3.05) is 6.54 Å². The summed E-state index contributed by atoms with van der Waals surface area (Å²) in [5.74, 6) is -0.259. The third-order valence-electron chi connectivity index (χ3n) is 1.29. The van der Waals surface area contributed by atoms with Crippen molar-refractivity contribution in [1.29, 1.82) is 0 Å². The zero-order valence-electron chi connectivity index (χ0n) is 4.50. The summed E-state index contributed by atoms with van der Waals surface area (Å²) in [5, 5.41) is 9.33. The van der Waals surface area contributed by atoms with Gasteiger partial charge in [-0.1, -0.05) is 0 Å². The van der Waals surface area contributed by atoms with E-state index in [4.69, 9.17) is 5.21 Å². The van der Waals surface area contributed by atoms with Crippen LogP contribution in [-0.4, -0.2) is 28.8 Å². The molecule has 1 amide bonds. The minimum absolute atomic E-state index is 0.222. The second kappa shape index (κ2) is 1.72. The van der Waals surface area contributed by atoms with Gasteiger partial charge in [0, 0.05) is 6.42 Å². The van der Waals surface area contributed by atoms with Crippen molar-refractivity contribution in [3.05, 3.63) is 0 Å². The van der Waals surface area contributed by atoms with E-state index in [1.807, 2.05) is 0 Å². The van der Waals surface area contributed by atoms with E-state index in [0.717, 1.165) is 5.06 Å². The first-order chi connectivity index (χ1) is 3.72. The molecule has 1 atom stereocenters. The molecule has 1 heterocycles. The molecule has 0 aliphatic carbocycles.